The summed E-state index contributed by atoms with van der Waals surface area (Å²) < 4.78 is 11.4. The van der Waals surface area contributed by atoms with Crippen LogP contribution >= 0.6 is 0 Å². The van der Waals surface area contributed by atoms with E-state index >= 15 is 0 Å². The van der Waals surface area contributed by atoms with E-state index in [0.717, 1.165) is 41.7 Å². The number of allylic oxidation sites excluding steroid dienone is 1. The van der Waals surface area contributed by atoms with Crippen LogP contribution in [-0.4, -0.2) is 17.2 Å². The number of carbonyl (C=O) groups excluding carboxylic acids is 1. The van der Waals surface area contributed by atoms with Crippen LogP contribution in [0.25, 0.3) is 0 Å². The van der Waals surface area contributed by atoms with E-state index in [2.05, 4.69) is 13.8 Å². The van der Waals surface area contributed by atoms with Crippen LogP contribution in [0.3, 0.4) is 0 Å². The predicted molar refractivity (Wildman–Crippen MR) is 91.4 cm³/mol. The van der Waals surface area contributed by atoms with Gasteiger partial charge in [-0.2, -0.15) is 0 Å². The van der Waals surface area contributed by atoms with Gasteiger partial charge in [-0.15, -0.1) is 0 Å². The van der Waals surface area contributed by atoms with Crippen LogP contribution in [0.5, 0.6) is 0 Å². The van der Waals surface area contributed by atoms with Crippen LogP contribution in [0.1, 0.15) is 63.5 Å². The zero-order chi connectivity index (χ0) is 17.6. The van der Waals surface area contributed by atoms with E-state index in [0.29, 0.717) is 5.92 Å². The van der Waals surface area contributed by atoms with Crippen molar-refractivity contribution in [2.75, 3.05) is 0 Å². The summed E-state index contributed by atoms with van der Waals surface area (Å²) in [6.07, 6.45) is 5.18. The quantitative estimate of drug-likeness (QED) is 0.654. The maximum Gasteiger partial charge on any atom is 0.330 e. The summed E-state index contributed by atoms with van der Waals surface area (Å²) in [5.74, 6) is 1.08. The molecular weight excluding hydrogens is 304 g/mol. The molecule has 24 heavy (non-hydrogen) atoms. The van der Waals surface area contributed by atoms with Crippen molar-refractivity contribution in [3.8, 4) is 0 Å². The van der Waals surface area contributed by atoms with Crippen molar-refractivity contribution in [3.05, 3.63) is 34.8 Å². The maximum absolute atomic E-state index is 12.0. The number of ether oxygens (including phenoxy) is 1. The fourth-order valence-corrected chi connectivity index (χ4v) is 4.64. The van der Waals surface area contributed by atoms with Gasteiger partial charge >= 0.3 is 5.97 Å². The van der Waals surface area contributed by atoms with Crippen molar-refractivity contribution < 1.29 is 19.1 Å². The molecule has 1 saturated carbocycles. The second kappa shape index (κ2) is 6.07. The fraction of sp³-hybridized carbons (Fsp3) is 0.650. The molecule has 0 spiro atoms. The highest BCUT2D eigenvalue weighted by molar-refractivity contribution is 5.82. The lowest BCUT2D eigenvalue weighted by molar-refractivity contribution is -0.167. The van der Waals surface area contributed by atoms with Crippen LogP contribution in [-0.2, 0) is 16.0 Å². The summed E-state index contributed by atoms with van der Waals surface area (Å²) in [6.45, 7) is 10.0. The van der Waals surface area contributed by atoms with Gasteiger partial charge in [0.1, 0.15) is 11.9 Å². The average molecular weight is 332 g/mol. The second-order valence-corrected chi connectivity index (χ2v) is 7.99. The molecule has 3 rings (SSSR count). The third-order valence-corrected chi connectivity index (χ3v) is 6.29. The van der Waals surface area contributed by atoms with Crippen LogP contribution in [0.15, 0.2) is 22.3 Å². The lowest BCUT2D eigenvalue weighted by Gasteiger charge is -2.53. The lowest BCUT2D eigenvalue weighted by atomic mass is 9.53. The monoisotopic (exact) mass is 332 g/mol. The zero-order valence-corrected chi connectivity index (χ0v) is 15.3. The standard InChI is InChI=1S/C20H28O4/c1-11(2)8-17(21)24-15-7-6-14-9-16-18(12(3)10-23-16)19(22)20(14,5)13(15)4/h8,10,13-15,19,22H,6-7,9H2,1-5H3. The molecule has 132 valence electrons. The Bertz CT molecular complexity index is 667. The number of aryl methyl sites for hydroxylation is 1. The molecule has 0 saturated heterocycles. The molecule has 0 aromatic carbocycles. The van der Waals surface area contributed by atoms with Gasteiger partial charge in [0.15, 0.2) is 0 Å². The minimum atomic E-state index is -0.579. The van der Waals surface area contributed by atoms with E-state index in [4.69, 9.17) is 9.15 Å². The van der Waals surface area contributed by atoms with Gasteiger partial charge in [-0.3, -0.25) is 0 Å². The molecule has 1 heterocycles. The molecule has 0 radical (unpaired) electrons. The Morgan fingerprint density at radius 3 is 2.79 bits per heavy atom. The molecule has 5 atom stereocenters. The number of hydrogen-bond acceptors (Lipinski definition) is 4. The van der Waals surface area contributed by atoms with Crippen LogP contribution < -0.4 is 0 Å². The number of rotatable bonds is 2. The molecule has 2 aliphatic rings. The minimum absolute atomic E-state index is 0.0863. The Hall–Kier alpha value is -1.55. The van der Waals surface area contributed by atoms with Gasteiger partial charge in [-0.1, -0.05) is 19.4 Å². The summed E-state index contributed by atoms with van der Waals surface area (Å²) in [7, 11) is 0. The van der Waals surface area contributed by atoms with Crippen LogP contribution in [0.2, 0.25) is 0 Å². The predicted octanol–water partition coefficient (Wildman–Crippen LogP) is 4.11. The van der Waals surface area contributed by atoms with Crippen molar-refractivity contribution in [1.82, 2.24) is 0 Å². The first-order valence-corrected chi connectivity index (χ1v) is 8.85. The summed E-state index contributed by atoms with van der Waals surface area (Å²) in [5, 5.41) is 11.1. The van der Waals surface area contributed by atoms with Gasteiger partial charge in [0.2, 0.25) is 0 Å². The Kier molecular flexibility index (Phi) is 4.37. The number of furan rings is 1. The Labute approximate surface area is 143 Å². The number of hydrogen-bond donors (Lipinski definition) is 1. The SMILES string of the molecule is CC(C)=CC(=O)OC1CCC2Cc3occ(C)c3C(O)C2(C)C1C. The number of fused-ring (bicyclic) bond motifs is 2. The third kappa shape index (κ3) is 2.61. The summed E-state index contributed by atoms with van der Waals surface area (Å²) in [5.41, 5.74) is 2.57. The van der Waals surface area contributed by atoms with E-state index in [1.54, 1.807) is 6.26 Å². The molecular formula is C20H28O4. The van der Waals surface area contributed by atoms with Crippen molar-refractivity contribution >= 4 is 5.97 Å². The molecule has 1 fully saturated rings. The molecule has 0 amide bonds. The first-order valence-electron chi connectivity index (χ1n) is 8.85. The van der Waals surface area contributed by atoms with E-state index in [1.807, 2.05) is 20.8 Å². The second-order valence-electron chi connectivity index (χ2n) is 7.99. The van der Waals surface area contributed by atoms with Gasteiger partial charge in [0.05, 0.1) is 12.4 Å². The van der Waals surface area contributed by atoms with E-state index < -0.39 is 6.10 Å². The first kappa shape index (κ1) is 17.3. The highest BCUT2D eigenvalue weighted by atomic mass is 16.5. The summed E-state index contributed by atoms with van der Waals surface area (Å²) in [6, 6.07) is 0. The van der Waals surface area contributed by atoms with Crippen LogP contribution in [0.4, 0.5) is 0 Å². The highest BCUT2D eigenvalue weighted by Gasteiger charge is 2.55. The Morgan fingerprint density at radius 2 is 2.12 bits per heavy atom. The van der Waals surface area contributed by atoms with Gasteiger partial charge in [-0.05, 0) is 45.1 Å². The molecule has 0 bridgehead atoms. The Morgan fingerprint density at radius 1 is 1.42 bits per heavy atom. The maximum atomic E-state index is 12.0. The molecule has 2 aliphatic carbocycles. The Balaban J connectivity index is 1.88. The third-order valence-electron chi connectivity index (χ3n) is 6.29. The molecule has 4 nitrogen and oxygen atoms in total. The van der Waals surface area contributed by atoms with Crippen molar-refractivity contribution in [1.29, 1.82) is 0 Å². The number of aliphatic hydroxyl groups excluding tert-OH is 1. The molecule has 0 aliphatic heterocycles. The minimum Gasteiger partial charge on any atom is -0.469 e. The van der Waals surface area contributed by atoms with Crippen molar-refractivity contribution in [2.45, 2.75) is 66.1 Å². The van der Waals surface area contributed by atoms with E-state index in [-0.39, 0.29) is 23.4 Å². The number of carbonyl (C=O) groups is 1. The van der Waals surface area contributed by atoms with Gasteiger partial charge in [0, 0.05) is 29.4 Å². The van der Waals surface area contributed by atoms with Crippen molar-refractivity contribution in [2.24, 2.45) is 17.3 Å². The zero-order valence-electron chi connectivity index (χ0n) is 15.3. The topological polar surface area (TPSA) is 59.7 Å². The number of aliphatic hydroxyl groups is 1. The molecule has 1 aromatic heterocycles. The highest BCUT2D eigenvalue weighted by Crippen LogP contribution is 2.58. The number of esters is 1. The summed E-state index contributed by atoms with van der Waals surface area (Å²) in [4.78, 5) is 12.0. The van der Waals surface area contributed by atoms with Gasteiger partial charge in [0.25, 0.3) is 0 Å². The smallest absolute Gasteiger partial charge is 0.330 e. The van der Waals surface area contributed by atoms with Crippen molar-refractivity contribution in [3.63, 3.8) is 0 Å². The average Bonchev–Trinajstić information content (AvgIpc) is 2.86. The summed E-state index contributed by atoms with van der Waals surface area (Å²) >= 11 is 0. The van der Waals surface area contributed by atoms with E-state index in [1.165, 1.54) is 6.08 Å². The fourth-order valence-electron chi connectivity index (χ4n) is 4.64. The first-order chi connectivity index (χ1) is 11.2. The van der Waals surface area contributed by atoms with Gasteiger partial charge < -0.3 is 14.3 Å². The lowest BCUT2D eigenvalue weighted by Crippen LogP contribution is -2.52. The van der Waals surface area contributed by atoms with E-state index in [9.17, 15) is 9.90 Å². The molecule has 1 N–H and O–H groups in total. The molecule has 5 unspecified atom stereocenters. The normalized spacial score (nSPS) is 34.9. The molecule has 1 aromatic rings. The van der Waals surface area contributed by atoms with Crippen LogP contribution in [0, 0.1) is 24.2 Å². The molecule has 4 heteroatoms. The van der Waals surface area contributed by atoms with Gasteiger partial charge in [-0.25, -0.2) is 4.79 Å². The largest absolute Gasteiger partial charge is 0.469 e.